The smallest absolute Gasteiger partial charge is 0.169 e. The van der Waals surface area contributed by atoms with Crippen LogP contribution in [0.1, 0.15) is 37.4 Å². The topological polar surface area (TPSA) is 56.5 Å². The van der Waals surface area contributed by atoms with Gasteiger partial charge >= 0.3 is 0 Å². The number of hydrogen-bond donors (Lipinski definition) is 2. The first-order chi connectivity index (χ1) is 9.24. The first kappa shape index (κ1) is 14.3. The quantitative estimate of drug-likeness (QED) is 0.586. The summed E-state index contributed by atoms with van der Waals surface area (Å²) in [5, 5.41) is 3.54. The standard InChI is InChI=1S/C15H24N2O2/c1-3-18-15(19-4-2)10-17-14-8-5-11-9-12(16)6-7-13(11)14/h6-7,9,14-15,17H,3-5,8,10,16H2,1-2H3. The Morgan fingerprint density at radius 1 is 1.32 bits per heavy atom. The van der Waals surface area contributed by atoms with E-state index in [1.165, 1.54) is 11.1 Å². The van der Waals surface area contributed by atoms with Crippen molar-refractivity contribution in [3.05, 3.63) is 29.3 Å². The van der Waals surface area contributed by atoms with Crippen molar-refractivity contribution in [1.82, 2.24) is 5.32 Å². The Bertz CT molecular complexity index is 403. The van der Waals surface area contributed by atoms with Crippen molar-refractivity contribution < 1.29 is 9.47 Å². The lowest BCUT2D eigenvalue weighted by Crippen LogP contribution is -2.33. The molecule has 0 saturated carbocycles. The molecular formula is C15H24N2O2. The highest BCUT2D eigenvalue weighted by Gasteiger charge is 2.23. The maximum Gasteiger partial charge on any atom is 0.169 e. The first-order valence-corrected chi connectivity index (χ1v) is 7.09. The van der Waals surface area contributed by atoms with E-state index < -0.39 is 0 Å². The molecule has 0 aliphatic heterocycles. The summed E-state index contributed by atoms with van der Waals surface area (Å²) in [4.78, 5) is 0. The molecule has 0 amide bonds. The molecule has 4 nitrogen and oxygen atoms in total. The zero-order valence-corrected chi connectivity index (χ0v) is 11.8. The lowest BCUT2D eigenvalue weighted by molar-refractivity contribution is -0.133. The van der Waals surface area contributed by atoms with Gasteiger partial charge in [-0.15, -0.1) is 0 Å². The van der Waals surface area contributed by atoms with E-state index in [1.807, 2.05) is 19.9 Å². The number of benzene rings is 1. The largest absolute Gasteiger partial charge is 0.399 e. The Balaban J connectivity index is 1.91. The third-order valence-electron chi connectivity index (χ3n) is 3.48. The third-order valence-corrected chi connectivity index (χ3v) is 3.48. The van der Waals surface area contributed by atoms with E-state index in [9.17, 15) is 0 Å². The van der Waals surface area contributed by atoms with E-state index in [0.717, 1.165) is 25.1 Å². The second kappa shape index (κ2) is 6.89. The zero-order chi connectivity index (χ0) is 13.7. The molecule has 0 spiro atoms. The number of nitrogens with one attached hydrogen (secondary N) is 1. The van der Waals surface area contributed by atoms with Gasteiger partial charge in [0.1, 0.15) is 0 Å². The van der Waals surface area contributed by atoms with Gasteiger partial charge in [0, 0.05) is 31.5 Å². The molecule has 4 heteroatoms. The minimum Gasteiger partial charge on any atom is -0.399 e. The normalized spacial score (nSPS) is 17.9. The fourth-order valence-electron chi connectivity index (χ4n) is 2.63. The summed E-state index contributed by atoms with van der Waals surface area (Å²) in [7, 11) is 0. The van der Waals surface area contributed by atoms with Gasteiger partial charge in [0.05, 0.1) is 0 Å². The van der Waals surface area contributed by atoms with E-state index >= 15 is 0 Å². The van der Waals surface area contributed by atoms with Crippen LogP contribution >= 0.6 is 0 Å². The number of aryl methyl sites for hydroxylation is 1. The van der Waals surface area contributed by atoms with Crippen LogP contribution in [0, 0.1) is 0 Å². The molecule has 0 radical (unpaired) electrons. The fraction of sp³-hybridized carbons (Fsp3) is 0.600. The average Bonchev–Trinajstić information content (AvgIpc) is 2.78. The van der Waals surface area contributed by atoms with Gasteiger partial charge < -0.3 is 20.5 Å². The molecule has 1 aliphatic rings. The van der Waals surface area contributed by atoms with Gasteiger partial charge in [0.15, 0.2) is 6.29 Å². The Kier molecular flexibility index (Phi) is 5.19. The van der Waals surface area contributed by atoms with E-state index in [2.05, 4.69) is 17.4 Å². The predicted octanol–water partition coefficient (Wildman–Crippen LogP) is 2.24. The summed E-state index contributed by atoms with van der Waals surface area (Å²) in [6, 6.07) is 6.58. The summed E-state index contributed by atoms with van der Waals surface area (Å²) in [5.41, 5.74) is 9.39. The monoisotopic (exact) mass is 264 g/mol. The molecule has 0 fully saturated rings. The summed E-state index contributed by atoms with van der Waals surface area (Å²) in [6.45, 7) is 6.03. The SMILES string of the molecule is CCOC(CNC1CCc2cc(N)ccc21)OCC. The predicted molar refractivity (Wildman–Crippen MR) is 77.0 cm³/mol. The Morgan fingerprint density at radius 3 is 2.74 bits per heavy atom. The minimum absolute atomic E-state index is 0.159. The van der Waals surface area contributed by atoms with Crippen molar-refractivity contribution in [1.29, 1.82) is 0 Å². The molecule has 3 N–H and O–H groups in total. The zero-order valence-electron chi connectivity index (χ0n) is 11.8. The number of ether oxygens (including phenoxy) is 2. The number of nitrogens with two attached hydrogens (primary N) is 1. The van der Waals surface area contributed by atoms with Crippen molar-refractivity contribution in [2.75, 3.05) is 25.5 Å². The van der Waals surface area contributed by atoms with Gasteiger partial charge in [0.25, 0.3) is 0 Å². The lowest BCUT2D eigenvalue weighted by Gasteiger charge is -2.21. The third kappa shape index (κ3) is 3.69. The van der Waals surface area contributed by atoms with Crippen LogP contribution in [0.3, 0.4) is 0 Å². The van der Waals surface area contributed by atoms with E-state index in [-0.39, 0.29) is 6.29 Å². The summed E-state index contributed by atoms with van der Waals surface area (Å²) < 4.78 is 11.1. The molecule has 1 atom stereocenters. The lowest BCUT2D eigenvalue weighted by atomic mass is 10.1. The van der Waals surface area contributed by atoms with Crippen molar-refractivity contribution in [3.63, 3.8) is 0 Å². The Morgan fingerprint density at radius 2 is 2.05 bits per heavy atom. The van der Waals surface area contributed by atoms with Crippen LogP contribution in [0.5, 0.6) is 0 Å². The number of nitrogen functional groups attached to an aromatic ring is 1. The molecular weight excluding hydrogens is 240 g/mol. The highest BCUT2D eigenvalue weighted by molar-refractivity contribution is 5.47. The molecule has 0 saturated heterocycles. The molecule has 2 rings (SSSR count). The van der Waals surface area contributed by atoms with Crippen LogP contribution in [0.15, 0.2) is 18.2 Å². The molecule has 1 unspecified atom stereocenters. The van der Waals surface area contributed by atoms with Crippen molar-refractivity contribution in [2.24, 2.45) is 0 Å². The maximum atomic E-state index is 5.82. The molecule has 1 aromatic rings. The van der Waals surface area contributed by atoms with Gasteiger partial charge in [-0.2, -0.15) is 0 Å². The van der Waals surface area contributed by atoms with E-state index in [1.54, 1.807) is 0 Å². The van der Waals surface area contributed by atoms with E-state index in [0.29, 0.717) is 19.3 Å². The number of rotatable bonds is 7. The van der Waals surface area contributed by atoms with Gasteiger partial charge in [-0.1, -0.05) is 6.07 Å². The molecule has 1 aliphatic carbocycles. The van der Waals surface area contributed by atoms with Crippen LogP contribution in [0.25, 0.3) is 0 Å². The number of anilines is 1. The second-order valence-corrected chi connectivity index (χ2v) is 4.80. The highest BCUT2D eigenvalue weighted by atomic mass is 16.7. The van der Waals surface area contributed by atoms with Gasteiger partial charge in [0.2, 0.25) is 0 Å². The molecule has 19 heavy (non-hydrogen) atoms. The van der Waals surface area contributed by atoms with Gasteiger partial charge in [-0.3, -0.25) is 0 Å². The molecule has 0 aromatic heterocycles. The highest BCUT2D eigenvalue weighted by Crippen LogP contribution is 2.32. The second-order valence-electron chi connectivity index (χ2n) is 4.80. The van der Waals surface area contributed by atoms with Crippen molar-refractivity contribution in [3.8, 4) is 0 Å². The molecule has 106 valence electrons. The van der Waals surface area contributed by atoms with Crippen molar-refractivity contribution in [2.45, 2.75) is 39.0 Å². The fourth-order valence-corrected chi connectivity index (χ4v) is 2.63. The average molecular weight is 264 g/mol. The maximum absolute atomic E-state index is 5.82. The summed E-state index contributed by atoms with van der Waals surface area (Å²) >= 11 is 0. The summed E-state index contributed by atoms with van der Waals surface area (Å²) in [5.74, 6) is 0. The molecule has 1 aromatic carbocycles. The first-order valence-electron chi connectivity index (χ1n) is 7.09. The molecule has 0 bridgehead atoms. The number of fused-ring (bicyclic) bond motifs is 1. The van der Waals surface area contributed by atoms with Crippen LogP contribution in [0.4, 0.5) is 5.69 Å². The Hall–Kier alpha value is -1.10. The van der Waals surface area contributed by atoms with Gasteiger partial charge in [-0.25, -0.2) is 0 Å². The van der Waals surface area contributed by atoms with E-state index in [4.69, 9.17) is 15.2 Å². The Labute approximate surface area is 115 Å². The van der Waals surface area contributed by atoms with Crippen LogP contribution in [-0.4, -0.2) is 26.0 Å². The van der Waals surface area contributed by atoms with Gasteiger partial charge in [-0.05, 0) is 49.9 Å². The minimum atomic E-state index is -0.159. The van der Waals surface area contributed by atoms with Crippen LogP contribution < -0.4 is 11.1 Å². The van der Waals surface area contributed by atoms with Crippen molar-refractivity contribution >= 4 is 5.69 Å². The van der Waals surface area contributed by atoms with Crippen LogP contribution in [-0.2, 0) is 15.9 Å². The number of hydrogen-bond acceptors (Lipinski definition) is 4. The summed E-state index contributed by atoms with van der Waals surface area (Å²) in [6.07, 6.45) is 2.04. The van der Waals surface area contributed by atoms with Crippen LogP contribution in [0.2, 0.25) is 0 Å². The molecule has 0 heterocycles.